The predicted molar refractivity (Wildman–Crippen MR) is 127 cm³/mol. The zero-order valence-electron chi connectivity index (χ0n) is 18.7. The largest absolute Gasteiger partial charge is 0.349 e. The maximum atomic E-state index is 13.8. The van der Waals surface area contributed by atoms with Gasteiger partial charge in [-0.2, -0.15) is 0 Å². The lowest BCUT2D eigenvalue weighted by Gasteiger charge is -2.27. The molecule has 3 aliphatic rings. The topological polar surface area (TPSA) is 80.8 Å². The summed E-state index contributed by atoms with van der Waals surface area (Å²) >= 11 is 6.46. The third-order valence-corrected chi connectivity index (χ3v) is 7.63. The Labute approximate surface area is 206 Å². The van der Waals surface area contributed by atoms with Gasteiger partial charge in [-0.1, -0.05) is 83.9 Å². The average molecular weight is 486 g/mol. The van der Waals surface area contributed by atoms with Gasteiger partial charge < -0.3 is 4.74 Å². The van der Waals surface area contributed by atoms with Crippen LogP contribution in [0.5, 0.6) is 0 Å². The number of halogens is 1. The fraction of sp³-hybridized carbons (Fsp3) is 0.214. The highest BCUT2D eigenvalue weighted by Crippen LogP contribution is 2.58. The number of Topliss-reactive ketones (excluding diaryl/α,β-unsaturated/α-hetero) is 2. The summed E-state index contributed by atoms with van der Waals surface area (Å²) in [6.07, 6.45) is -1.02. The first-order valence-electron chi connectivity index (χ1n) is 11.4. The third-order valence-electron chi connectivity index (χ3n) is 7.28. The lowest BCUT2D eigenvalue weighted by atomic mass is 9.77. The maximum Gasteiger partial charge on any atom is 0.237 e. The molecule has 1 spiro atoms. The van der Waals surface area contributed by atoms with E-state index in [4.69, 9.17) is 16.3 Å². The number of ether oxygens (including phenoxy) is 1. The van der Waals surface area contributed by atoms with Crippen molar-refractivity contribution >= 4 is 35.0 Å². The van der Waals surface area contributed by atoms with Gasteiger partial charge in [0.15, 0.2) is 0 Å². The molecule has 2 saturated heterocycles. The van der Waals surface area contributed by atoms with Crippen LogP contribution in [-0.4, -0.2) is 33.9 Å². The molecular weight excluding hydrogens is 466 g/mol. The summed E-state index contributed by atoms with van der Waals surface area (Å²) in [7, 11) is 0. The molecule has 1 aliphatic carbocycles. The SMILES string of the molecule is Cc1ccc(CN2C(=O)[C@H]3[C@@H](c4ccccc4Cl)OC4(C(=O)c5ccccc5C4=O)[C@H]3C2=O)cc1. The van der Waals surface area contributed by atoms with Gasteiger partial charge in [0, 0.05) is 21.7 Å². The van der Waals surface area contributed by atoms with E-state index in [0.29, 0.717) is 10.6 Å². The number of carbonyl (C=O) groups is 4. The molecule has 2 fully saturated rings. The van der Waals surface area contributed by atoms with Crippen LogP contribution in [-0.2, 0) is 20.9 Å². The summed E-state index contributed by atoms with van der Waals surface area (Å²) in [4.78, 5) is 56.2. The molecule has 0 aromatic heterocycles. The summed E-state index contributed by atoms with van der Waals surface area (Å²) < 4.78 is 6.25. The number of hydrogen-bond donors (Lipinski definition) is 0. The van der Waals surface area contributed by atoms with Crippen molar-refractivity contribution in [1.82, 2.24) is 4.90 Å². The second kappa shape index (κ2) is 7.70. The van der Waals surface area contributed by atoms with E-state index >= 15 is 0 Å². The lowest BCUT2D eigenvalue weighted by molar-refractivity contribution is -0.145. The molecule has 2 amide bonds. The van der Waals surface area contributed by atoms with Crippen molar-refractivity contribution in [3.8, 4) is 0 Å². The minimum absolute atomic E-state index is 0.0472. The molecule has 3 aromatic rings. The number of benzene rings is 3. The molecule has 0 radical (unpaired) electrons. The molecule has 6 nitrogen and oxygen atoms in total. The first kappa shape index (κ1) is 21.9. The van der Waals surface area contributed by atoms with Crippen molar-refractivity contribution in [2.45, 2.75) is 25.2 Å². The van der Waals surface area contributed by atoms with E-state index < -0.39 is 46.9 Å². The van der Waals surface area contributed by atoms with Crippen molar-refractivity contribution in [2.24, 2.45) is 11.8 Å². The zero-order valence-corrected chi connectivity index (χ0v) is 19.5. The second-order valence-corrected chi connectivity index (χ2v) is 9.66. The Morgan fingerprint density at radius 2 is 1.43 bits per heavy atom. The van der Waals surface area contributed by atoms with E-state index in [1.807, 2.05) is 31.2 Å². The first-order chi connectivity index (χ1) is 16.8. The molecule has 0 N–H and O–H groups in total. The van der Waals surface area contributed by atoms with Gasteiger partial charge in [0.2, 0.25) is 29.0 Å². The number of carbonyl (C=O) groups excluding carboxylic acids is 4. The Kier molecular flexibility index (Phi) is 4.82. The van der Waals surface area contributed by atoms with Crippen LogP contribution in [0.3, 0.4) is 0 Å². The van der Waals surface area contributed by atoms with Gasteiger partial charge in [0.25, 0.3) is 0 Å². The Balaban J connectivity index is 1.49. The third kappa shape index (κ3) is 2.93. The fourth-order valence-electron chi connectivity index (χ4n) is 5.60. The van der Waals surface area contributed by atoms with Crippen LogP contribution < -0.4 is 0 Å². The summed E-state index contributed by atoms with van der Waals surface area (Å²) in [5, 5.41) is 0.334. The highest BCUT2D eigenvalue weighted by Gasteiger charge is 2.74. The molecule has 2 heterocycles. The quantitative estimate of drug-likeness (QED) is 0.407. The van der Waals surface area contributed by atoms with E-state index in [1.165, 1.54) is 0 Å². The van der Waals surface area contributed by atoms with Gasteiger partial charge in [-0.05, 0) is 18.6 Å². The van der Waals surface area contributed by atoms with Gasteiger partial charge in [-0.15, -0.1) is 0 Å². The molecule has 0 unspecified atom stereocenters. The minimum Gasteiger partial charge on any atom is -0.349 e. The van der Waals surface area contributed by atoms with Gasteiger partial charge in [0.1, 0.15) is 0 Å². The van der Waals surface area contributed by atoms with Crippen molar-refractivity contribution in [2.75, 3.05) is 0 Å². The van der Waals surface area contributed by atoms with Gasteiger partial charge >= 0.3 is 0 Å². The number of likely N-dealkylation sites (tertiary alicyclic amines) is 1. The number of imide groups is 1. The van der Waals surface area contributed by atoms with Crippen molar-refractivity contribution < 1.29 is 23.9 Å². The molecule has 3 aromatic carbocycles. The van der Waals surface area contributed by atoms with E-state index in [-0.39, 0.29) is 17.7 Å². The van der Waals surface area contributed by atoms with Crippen molar-refractivity contribution in [3.05, 3.63) is 106 Å². The molecule has 174 valence electrons. The Morgan fingerprint density at radius 1 is 0.829 bits per heavy atom. The monoisotopic (exact) mass is 485 g/mol. The minimum atomic E-state index is -2.09. The number of hydrogen-bond acceptors (Lipinski definition) is 5. The normalized spacial score (nSPS) is 24.4. The molecule has 35 heavy (non-hydrogen) atoms. The summed E-state index contributed by atoms with van der Waals surface area (Å²) in [6, 6.07) is 20.8. The molecule has 0 saturated carbocycles. The molecule has 0 bridgehead atoms. The van der Waals surface area contributed by atoms with E-state index in [1.54, 1.807) is 48.5 Å². The van der Waals surface area contributed by atoms with Crippen molar-refractivity contribution in [1.29, 1.82) is 0 Å². The van der Waals surface area contributed by atoms with Crippen LogP contribution in [0.25, 0.3) is 0 Å². The zero-order chi connectivity index (χ0) is 24.5. The van der Waals surface area contributed by atoms with Crippen LogP contribution in [0, 0.1) is 18.8 Å². The van der Waals surface area contributed by atoms with Gasteiger partial charge in [0.05, 0.1) is 24.5 Å². The summed E-state index contributed by atoms with van der Waals surface area (Å²) in [5.41, 5.74) is 0.606. The van der Waals surface area contributed by atoms with Crippen LogP contribution in [0.15, 0.2) is 72.8 Å². The Hall–Kier alpha value is -3.61. The summed E-state index contributed by atoms with van der Waals surface area (Å²) in [6.45, 7) is 2.00. The fourth-order valence-corrected chi connectivity index (χ4v) is 5.84. The van der Waals surface area contributed by atoms with E-state index in [9.17, 15) is 19.2 Å². The number of amides is 2. The second-order valence-electron chi connectivity index (χ2n) is 9.25. The van der Waals surface area contributed by atoms with Gasteiger partial charge in [-0.25, -0.2) is 0 Å². The molecule has 2 aliphatic heterocycles. The first-order valence-corrected chi connectivity index (χ1v) is 11.7. The predicted octanol–water partition coefficient (Wildman–Crippen LogP) is 4.34. The standard InChI is InChI=1S/C28H20ClNO5/c1-15-10-12-16(13-11-15)14-30-26(33)21-22(27(30)34)28(35-23(21)19-8-4-5-9-20(19)29)24(31)17-6-2-3-7-18(17)25(28)32/h2-13,21-23H,14H2,1H3/t21-,22-,23-/m1/s1. The highest BCUT2D eigenvalue weighted by atomic mass is 35.5. The average Bonchev–Trinajstić information content (AvgIpc) is 3.42. The van der Waals surface area contributed by atoms with E-state index in [2.05, 4.69) is 0 Å². The number of nitrogens with zero attached hydrogens (tertiary/aromatic N) is 1. The van der Waals surface area contributed by atoms with Crippen LogP contribution in [0.1, 0.15) is 43.5 Å². The smallest absolute Gasteiger partial charge is 0.237 e. The maximum absolute atomic E-state index is 13.8. The van der Waals surface area contributed by atoms with Crippen LogP contribution in [0.2, 0.25) is 5.02 Å². The Bertz CT molecular complexity index is 1390. The number of aryl methyl sites for hydroxylation is 1. The summed E-state index contributed by atoms with van der Waals surface area (Å²) in [5.74, 6) is -4.53. The van der Waals surface area contributed by atoms with E-state index in [0.717, 1.165) is 16.0 Å². The molecule has 3 atom stereocenters. The Morgan fingerprint density at radius 3 is 2.06 bits per heavy atom. The van der Waals surface area contributed by atoms with Crippen LogP contribution >= 0.6 is 11.6 Å². The lowest BCUT2D eigenvalue weighted by Crippen LogP contribution is -2.50. The number of ketones is 2. The number of rotatable bonds is 3. The van der Waals surface area contributed by atoms with Crippen molar-refractivity contribution in [3.63, 3.8) is 0 Å². The van der Waals surface area contributed by atoms with Crippen LogP contribution in [0.4, 0.5) is 0 Å². The van der Waals surface area contributed by atoms with Gasteiger partial charge in [-0.3, -0.25) is 24.1 Å². The molecule has 7 heteroatoms. The molecular formula is C28H20ClNO5. The molecule has 6 rings (SSSR count). The highest BCUT2D eigenvalue weighted by molar-refractivity contribution is 6.35. The number of fused-ring (bicyclic) bond motifs is 3.